The van der Waals surface area contributed by atoms with Gasteiger partial charge in [-0.15, -0.1) is 5.92 Å². The third-order valence-electron chi connectivity index (χ3n) is 5.59. The van der Waals surface area contributed by atoms with Crippen LogP contribution in [0.1, 0.15) is 89.9 Å². The molecule has 0 aromatic heterocycles. The van der Waals surface area contributed by atoms with Gasteiger partial charge in [0.2, 0.25) is 5.91 Å². The van der Waals surface area contributed by atoms with Gasteiger partial charge in [-0.05, 0) is 38.0 Å². The Bertz CT molecular complexity index is 443. The van der Waals surface area contributed by atoms with E-state index in [-0.39, 0.29) is 35.7 Å². The standard InChI is InChI=1S/C18H29NO3.C5H10.Fe/c20-18(15-22-17-10-4-2-1-3-5-11-17)19-12-13-21-14-16-8-6-7-9-16;1-2-4-5-3-1;/h16-17H,1-4,6-10,12-15H2,(H,19,20);1-5H2;. The molecule has 4 nitrogen and oxygen atoms in total. The maximum absolute atomic E-state index is 11.7. The van der Waals surface area contributed by atoms with E-state index in [1.54, 1.807) is 0 Å². The Morgan fingerprint density at radius 2 is 1.54 bits per heavy atom. The van der Waals surface area contributed by atoms with Gasteiger partial charge >= 0.3 is 0 Å². The third kappa shape index (κ3) is 12.8. The molecule has 3 aliphatic rings. The van der Waals surface area contributed by atoms with Crippen molar-refractivity contribution in [1.29, 1.82) is 0 Å². The minimum atomic E-state index is -0.0790. The summed E-state index contributed by atoms with van der Waals surface area (Å²) in [6, 6.07) is 0. The first-order valence-electron chi connectivity index (χ1n) is 11.3. The van der Waals surface area contributed by atoms with E-state index in [1.165, 1.54) is 70.6 Å². The number of hydrogen-bond donors (Lipinski definition) is 1. The van der Waals surface area contributed by atoms with Gasteiger partial charge < -0.3 is 14.8 Å². The minimum Gasteiger partial charge on any atom is -0.379 e. The molecule has 0 aromatic rings. The summed E-state index contributed by atoms with van der Waals surface area (Å²) in [5, 5.41) is 2.84. The Kier molecular flexibility index (Phi) is 15.8. The second kappa shape index (κ2) is 17.3. The van der Waals surface area contributed by atoms with E-state index in [2.05, 4.69) is 17.2 Å². The minimum absolute atomic E-state index is 0. The molecule has 0 radical (unpaired) electrons. The molecule has 1 unspecified atom stereocenters. The Hall–Kier alpha value is -0.531. The van der Waals surface area contributed by atoms with Crippen molar-refractivity contribution in [3.05, 3.63) is 0 Å². The van der Waals surface area contributed by atoms with E-state index in [1.807, 2.05) is 0 Å². The second-order valence-electron chi connectivity index (χ2n) is 8.06. The van der Waals surface area contributed by atoms with Crippen LogP contribution in [0.2, 0.25) is 0 Å². The smallest absolute Gasteiger partial charge is 0.246 e. The van der Waals surface area contributed by atoms with Crippen molar-refractivity contribution in [3.8, 4) is 11.8 Å². The molecular formula is C23H39FeNO3. The van der Waals surface area contributed by atoms with Crippen LogP contribution in [0.3, 0.4) is 0 Å². The van der Waals surface area contributed by atoms with Crippen LogP contribution in [-0.2, 0) is 31.3 Å². The summed E-state index contributed by atoms with van der Waals surface area (Å²) < 4.78 is 11.2. The van der Waals surface area contributed by atoms with Crippen molar-refractivity contribution < 1.29 is 31.3 Å². The molecule has 1 amide bonds. The average molecular weight is 433 g/mol. The van der Waals surface area contributed by atoms with Crippen molar-refractivity contribution in [2.24, 2.45) is 5.92 Å². The summed E-state index contributed by atoms with van der Waals surface area (Å²) in [6.07, 6.45) is 18.1. The largest absolute Gasteiger partial charge is 0.379 e. The van der Waals surface area contributed by atoms with Gasteiger partial charge in [-0.2, -0.15) is 0 Å². The zero-order valence-electron chi connectivity index (χ0n) is 17.5. The summed E-state index contributed by atoms with van der Waals surface area (Å²) in [6.45, 7) is 2.09. The first-order chi connectivity index (χ1) is 13.3. The molecule has 3 aliphatic carbocycles. The molecule has 5 heteroatoms. The maximum atomic E-state index is 11.7. The second-order valence-corrected chi connectivity index (χ2v) is 8.06. The van der Waals surface area contributed by atoms with Gasteiger partial charge in [-0.3, -0.25) is 4.79 Å². The van der Waals surface area contributed by atoms with Gasteiger partial charge in [0.1, 0.15) is 12.7 Å². The predicted molar refractivity (Wildman–Crippen MR) is 109 cm³/mol. The summed E-state index contributed by atoms with van der Waals surface area (Å²) in [7, 11) is 0. The molecular weight excluding hydrogens is 394 g/mol. The monoisotopic (exact) mass is 433 g/mol. The molecule has 28 heavy (non-hydrogen) atoms. The van der Waals surface area contributed by atoms with Gasteiger partial charge in [0, 0.05) is 36.6 Å². The fraction of sp³-hybridized carbons (Fsp3) is 0.870. The number of hydrogen-bond acceptors (Lipinski definition) is 3. The Morgan fingerprint density at radius 3 is 2.25 bits per heavy atom. The van der Waals surface area contributed by atoms with Crippen molar-refractivity contribution in [3.63, 3.8) is 0 Å². The third-order valence-corrected chi connectivity index (χ3v) is 5.59. The predicted octanol–water partition coefficient (Wildman–Crippen LogP) is 4.61. The molecule has 0 spiro atoms. The number of ether oxygens (including phenoxy) is 2. The van der Waals surface area contributed by atoms with E-state index in [9.17, 15) is 4.79 Å². The summed E-state index contributed by atoms with van der Waals surface area (Å²) in [5.41, 5.74) is 0. The molecule has 2 saturated carbocycles. The zero-order chi connectivity index (χ0) is 19.0. The summed E-state index contributed by atoms with van der Waals surface area (Å²) >= 11 is 0. The summed E-state index contributed by atoms with van der Waals surface area (Å²) in [4.78, 5) is 11.7. The number of rotatable bonds is 8. The van der Waals surface area contributed by atoms with E-state index < -0.39 is 0 Å². The van der Waals surface area contributed by atoms with E-state index in [0.29, 0.717) is 13.2 Å². The SMILES string of the molecule is C1CCCC1.O=C(COC1C#CCCCCC1)NCCOCC1CCCC1.[Fe]. The van der Waals surface area contributed by atoms with E-state index in [0.717, 1.165) is 31.8 Å². The zero-order valence-corrected chi connectivity index (χ0v) is 18.6. The first kappa shape index (κ1) is 25.5. The Balaban J connectivity index is 0.000000567. The van der Waals surface area contributed by atoms with Gasteiger partial charge in [0.15, 0.2) is 0 Å². The number of amides is 1. The van der Waals surface area contributed by atoms with Crippen molar-refractivity contribution in [2.75, 3.05) is 26.4 Å². The van der Waals surface area contributed by atoms with Crippen LogP contribution in [0.25, 0.3) is 0 Å². The number of carbonyl (C=O) groups excluding carboxylic acids is 1. The molecule has 1 atom stereocenters. The maximum Gasteiger partial charge on any atom is 0.246 e. The number of carbonyl (C=O) groups is 1. The Morgan fingerprint density at radius 1 is 0.893 bits per heavy atom. The summed E-state index contributed by atoms with van der Waals surface area (Å²) in [5.74, 6) is 6.89. The van der Waals surface area contributed by atoms with Gasteiger partial charge in [-0.1, -0.05) is 57.3 Å². The molecule has 162 valence electrons. The molecule has 2 fully saturated rings. The average Bonchev–Trinajstić information content (AvgIpc) is 3.37. The quantitative estimate of drug-likeness (QED) is 0.346. The first-order valence-corrected chi connectivity index (χ1v) is 11.3. The van der Waals surface area contributed by atoms with Crippen LogP contribution in [0.5, 0.6) is 0 Å². The number of nitrogens with one attached hydrogen (secondary N) is 1. The molecule has 0 saturated heterocycles. The van der Waals surface area contributed by atoms with E-state index in [4.69, 9.17) is 9.47 Å². The Labute approximate surface area is 182 Å². The topological polar surface area (TPSA) is 47.6 Å². The molecule has 0 aliphatic heterocycles. The van der Waals surface area contributed by atoms with Crippen molar-refractivity contribution >= 4 is 5.91 Å². The van der Waals surface area contributed by atoms with Crippen molar-refractivity contribution in [2.45, 2.75) is 96.0 Å². The van der Waals surface area contributed by atoms with Gasteiger partial charge in [0.25, 0.3) is 0 Å². The van der Waals surface area contributed by atoms with Crippen LogP contribution < -0.4 is 5.32 Å². The molecule has 0 bridgehead atoms. The van der Waals surface area contributed by atoms with Gasteiger partial charge in [0.05, 0.1) is 6.61 Å². The normalized spacial score (nSPS) is 21.9. The fourth-order valence-corrected chi connectivity index (χ4v) is 3.90. The van der Waals surface area contributed by atoms with Crippen LogP contribution in [0.4, 0.5) is 0 Å². The van der Waals surface area contributed by atoms with Crippen LogP contribution in [-0.4, -0.2) is 38.4 Å². The molecule has 0 aromatic carbocycles. The molecule has 0 heterocycles. The van der Waals surface area contributed by atoms with Crippen LogP contribution in [0, 0.1) is 17.8 Å². The fourth-order valence-electron chi connectivity index (χ4n) is 3.90. The molecule has 3 rings (SSSR count). The van der Waals surface area contributed by atoms with Gasteiger partial charge in [-0.25, -0.2) is 0 Å². The molecule has 1 N–H and O–H groups in total. The van der Waals surface area contributed by atoms with Crippen molar-refractivity contribution in [1.82, 2.24) is 5.32 Å². The van der Waals surface area contributed by atoms with E-state index >= 15 is 0 Å². The van der Waals surface area contributed by atoms with Crippen LogP contribution >= 0.6 is 0 Å². The van der Waals surface area contributed by atoms with Crippen LogP contribution in [0.15, 0.2) is 0 Å².